The van der Waals surface area contributed by atoms with Crippen LogP contribution in [0.15, 0.2) is 42.6 Å². The molecule has 0 bridgehead atoms. The molecule has 3 aromatic heterocycles. The van der Waals surface area contributed by atoms with Crippen LogP contribution in [0.25, 0.3) is 0 Å². The fourth-order valence-corrected chi connectivity index (χ4v) is 3.38. The lowest BCUT2D eigenvalue weighted by Gasteiger charge is -2.21. The van der Waals surface area contributed by atoms with Crippen LogP contribution in [0.5, 0.6) is 0 Å². The molecular formula is C22H29N5. The lowest BCUT2D eigenvalue weighted by atomic mass is 10.2. The van der Waals surface area contributed by atoms with Crippen LogP contribution in [-0.4, -0.2) is 24.4 Å². The number of nitrogens with zero attached hydrogens (tertiary/aromatic N) is 5. The molecule has 3 heterocycles. The molecule has 5 heteroatoms. The molecule has 0 atom stereocenters. The summed E-state index contributed by atoms with van der Waals surface area (Å²) in [4.78, 5) is 16.5. The van der Waals surface area contributed by atoms with E-state index in [2.05, 4.69) is 70.7 Å². The highest BCUT2D eigenvalue weighted by Gasteiger charge is 2.14. The SMILES string of the molecule is Cc1cccc(CN(Cc2cccc(C)n2)Cc2cn(C(C)C)c(C)n2)n1. The molecule has 0 spiro atoms. The third kappa shape index (κ3) is 5.23. The zero-order valence-electron chi connectivity index (χ0n) is 17.0. The summed E-state index contributed by atoms with van der Waals surface area (Å²) in [6.07, 6.45) is 2.17. The molecule has 0 aliphatic rings. The van der Waals surface area contributed by atoms with Crippen LogP contribution in [0.4, 0.5) is 0 Å². The minimum Gasteiger partial charge on any atom is -0.332 e. The van der Waals surface area contributed by atoms with Crippen molar-refractivity contribution in [2.24, 2.45) is 0 Å². The van der Waals surface area contributed by atoms with Crippen LogP contribution >= 0.6 is 0 Å². The van der Waals surface area contributed by atoms with Gasteiger partial charge in [0.05, 0.1) is 17.1 Å². The first-order valence-corrected chi connectivity index (χ1v) is 9.52. The van der Waals surface area contributed by atoms with Gasteiger partial charge < -0.3 is 4.57 Å². The number of hydrogen-bond donors (Lipinski definition) is 0. The van der Waals surface area contributed by atoms with Crippen molar-refractivity contribution in [3.05, 3.63) is 76.9 Å². The fourth-order valence-electron chi connectivity index (χ4n) is 3.38. The summed E-state index contributed by atoms with van der Waals surface area (Å²) in [5, 5.41) is 0. The Morgan fingerprint density at radius 1 is 0.778 bits per heavy atom. The van der Waals surface area contributed by atoms with Gasteiger partial charge in [0.25, 0.3) is 0 Å². The Kier molecular flexibility index (Phi) is 6.01. The van der Waals surface area contributed by atoms with Crippen molar-refractivity contribution >= 4 is 0 Å². The maximum absolute atomic E-state index is 4.77. The molecule has 3 aromatic rings. The molecular weight excluding hydrogens is 334 g/mol. The summed E-state index contributed by atoms with van der Waals surface area (Å²) < 4.78 is 2.23. The van der Waals surface area contributed by atoms with Gasteiger partial charge >= 0.3 is 0 Å². The first-order valence-electron chi connectivity index (χ1n) is 9.52. The predicted octanol–water partition coefficient (Wildman–Crippen LogP) is 4.38. The van der Waals surface area contributed by atoms with E-state index in [0.29, 0.717) is 6.04 Å². The number of aromatic nitrogens is 4. The summed E-state index contributed by atoms with van der Waals surface area (Å²) in [6.45, 7) is 12.8. The van der Waals surface area contributed by atoms with Crippen LogP contribution in [0.3, 0.4) is 0 Å². The Bertz CT molecular complexity index is 850. The van der Waals surface area contributed by atoms with Crippen LogP contribution in [0, 0.1) is 20.8 Å². The highest BCUT2D eigenvalue weighted by atomic mass is 15.2. The van der Waals surface area contributed by atoms with Crippen molar-refractivity contribution in [3.63, 3.8) is 0 Å². The van der Waals surface area contributed by atoms with Crippen LogP contribution in [-0.2, 0) is 19.6 Å². The normalized spacial score (nSPS) is 11.5. The average molecular weight is 364 g/mol. The lowest BCUT2D eigenvalue weighted by Crippen LogP contribution is -2.24. The minimum absolute atomic E-state index is 0.413. The van der Waals surface area contributed by atoms with E-state index < -0.39 is 0 Å². The topological polar surface area (TPSA) is 46.8 Å². The zero-order chi connectivity index (χ0) is 19.4. The Balaban J connectivity index is 1.83. The molecule has 0 unspecified atom stereocenters. The smallest absolute Gasteiger partial charge is 0.106 e. The van der Waals surface area contributed by atoms with Crippen molar-refractivity contribution < 1.29 is 0 Å². The third-order valence-electron chi connectivity index (χ3n) is 4.57. The second kappa shape index (κ2) is 8.44. The molecule has 27 heavy (non-hydrogen) atoms. The number of aryl methyl sites for hydroxylation is 3. The van der Waals surface area contributed by atoms with Crippen LogP contribution in [0.1, 0.15) is 54.2 Å². The maximum atomic E-state index is 4.77. The van der Waals surface area contributed by atoms with E-state index in [4.69, 9.17) is 4.98 Å². The molecule has 0 saturated carbocycles. The lowest BCUT2D eigenvalue weighted by molar-refractivity contribution is 0.238. The van der Waals surface area contributed by atoms with Crippen LogP contribution < -0.4 is 0 Å². The summed E-state index contributed by atoms with van der Waals surface area (Å²) in [6, 6.07) is 12.8. The van der Waals surface area contributed by atoms with Crippen molar-refractivity contribution in [1.82, 2.24) is 24.4 Å². The van der Waals surface area contributed by atoms with Gasteiger partial charge in [-0.1, -0.05) is 12.1 Å². The van der Waals surface area contributed by atoms with E-state index in [-0.39, 0.29) is 0 Å². The zero-order valence-corrected chi connectivity index (χ0v) is 17.0. The maximum Gasteiger partial charge on any atom is 0.106 e. The molecule has 0 fully saturated rings. The number of imidazole rings is 1. The fraction of sp³-hybridized carbons (Fsp3) is 0.409. The van der Waals surface area contributed by atoms with Crippen molar-refractivity contribution in [1.29, 1.82) is 0 Å². The standard InChI is InChI=1S/C22H29N5/c1-16(2)27-15-22(25-19(27)5)14-26(12-20-10-6-8-17(3)23-20)13-21-11-7-9-18(4)24-21/h6-11,15-16H,12-14H2,1-5H3. The summed E-state index contributed by atoms with van der Waals surface area (Å²) in [7, 11) is 0. The third-order valence-corrected chi connectivity index (χ3v) is 4.57. The molecule has 0 aliphatic carbocycles. The Morgan fingerprint density at radius 3 is 1.74 bits per heavy atom. The number of rotatable bonds is 7. The Morgan fingerprint density at radius 2 is 1.30 bits per heavy atom. The quantitative estimate of drug-likeness (QED) is 0.625. The molecule has 0 aliphatic heterocycles. The number of hydrogen-bond acceptors (Lipinski definition) is 4. The van der Waals surface area contributed by atoms with Crippen molar-refractivity contribution in [3.8, 4) is 0 Å². The van der Waals surface area contributed by atoms with E-state index in [0.717, 1.165) is 53.9 Å². The highest BCUT2D eigenvalue weighted by molar-refractivity contribution is 5.13. The van der Waals surface area contributed by atoms with Gasteiger partial charge in [-0.15, -0.1) is 0 Å². The van der Waals surface area contributed by atoms with E-state index in [1.807, 2.05) is 26.0 Å². The molecule has 0 amide bonds. The summed E-state index contributed by atoms with van der Waals surface area (Å²) in [5.74, 6) is 1.06. The Labute approximate surface area is 162 Å². The first kappa shape index (κ1) is 19.2. The van der Waals surface area contributed by atoms with E-state index in [1.165, 1.54) is 0 Å². The largest absolute Gasteiger partial charge is 0.332 e. The van der Waals surface area contributed by atoms with Gasteiger partial charge in [0.2, 0.25) is 0 Å². The minimum atomic E-state index is 0.413. The molecule has 0 N–H and O–H groups in total. The highest BCUT2D eigenvalue weighted by Crippen LogP contribution is 2.15. The van der Waals surface area contributed by atoms with Crippen LogP contribution in [0.2, 0.25) is 0 Å². The monoisotopic (exact) mass is 363 g/mol. The summed E-state index contributed by atoms with van der Waals surface area (Å²) in [5.41, 5.74) is 5.31. The van der Waals surface area contributed by atoms with Gasteiger partial charge in [0.1, 0.15) is 5.82 Å². The van der Waals surface area contributed by atoms with Gasteiger partial charge in [-0.25, -0.2) is 4.98 Å². The average Bonchev–Trinajstić information content (AvgIpc) is 2.95. The second-order valence-electron chi connectivity index (χ2n) is 7.47. The first-order chi connectivity index (χ1) is 12.9. The number of pyridine rings is 2. The van der Waals surface area contributed by atoms with Crippen molar-refractivity contribution in [2.45, 2.75) is 60.3 Å². The van der Waals surface area contributed by atoms with Gasteiger partial charge in [-0.3, -0.25) is 14.9 Å². The Hall–Kier alpha value is -2.53. The van der Waals surface area contributed by atoms with E-state index >= 15 is 0 Å². The predicted molar refractivity (Wildman–Crippen MR) is 108 cm³/mol. The molecule has 0 saturated heterocycles. The van der Waals surface area contributed by atoms with Crippen molar-refractivity contribution in [2.75, 3.05) is 0 Å². The molecule has 0 aromatic carbocycles. The van der Waals surface area contributed by atoms with Gasteiger partial charge in [0, 0.05) is 43.3 Å². The van der Waals surface area contributed by atoms with E-state index in [9.17, 15) is 0 Å². The van der Waals surface area contributed by atoms with Gasteiger partial charge in [-0.2, -0.15) is 0 Å². The summed E-state index contributed by atoms with van der Waals surface area (Å²) >= 11 is 0. The molecule has 0 radical (unpaired) electrons. The molecule has 3 rings (SSSR count). The second-order valence-corrected chi connectivity index (χ2v) is 7.47. The molecule has 5 nitrogen and oxygen atoms in total. The van der Waals surface area contributed by atoms with Gasteiger partial charge in [0.15, 0.2) is 0 Å². The van der Waals surface area contributed by atoms with E-state index in [1.54, 1.807) is 0 Å². The van der Waals surface area contributed by atoms with Gasteiger partial charge in [-0.05, 0) is 58.9 Å². The molecule has 142 valence electrons.